The molecule has 32 radical (unpaired) electrons. The van der Waals surface area contributed by atoms with E-state index in [1.165, 1.54) is 0 Å². The topological polar surface area (TPSA) is 25.6 Å². The van der Waals surface area contributed by atoms with Crippen LogP contribution in [0, 0.1) is 6.92 Å². The minimum atomic E-state index is -1.38. The average Bonchev–Trinajstić information content (AvgIpc) is 3.89. The van der Waals surface area contributed by atoms with Crippen molar-refractivity contribution in [2.24, 2.45) is 0 Å². The van der Waals surface area contributed by atoms with Gasteiger partial charge in [-0.3, -0.25) is 0 Å². The standard InChI is InChI=1S/C53H21B16NO2/c1-16-4-30(61)47(37-22-5-17(54)11-32(63)50(22)72-49(16)37)70(48-31(62)13-21-36-41(52(2,3)40(21)44(48)67)43(66)46(69)45(68)42(36)65)34-14-23-35(15-27(34)58)71-51-26(8-20(57)12-33(51)64)53(23)24-6-18(55)9-28(59)38(24)39-25(53)7-19(56)10-29(39)60/h4-15H,1-3H3. The highest BCUT2D eigenvalue weighted by atomic mass is 16.5. The van der Waals surface area contributed by atoms with Crippen LogP contribution in [-0.4, -0.2) is 126 Å². The largest absolute Gasteiger partial charge is 0.457 e. The smallest absolute Gasteiger partial charge is 0.140 e. The Hall–Kier alpha value is -5.80. The molecule has 72 heavy (non-hydrogen) atoms. The highest BCUT2D eigenvalue weighted by Crippen LogP contribution is 2.61. The van der Waals surface area contributed by atoms with Crippen molar-refractivity contribution in [2.75, 3.05) is 4.90 Å². The van der Waals surface area contributed by atoms with Gasteiger partial charge in [-0.15, -0.1) is 10.9 Å². The molecule has 19 heteroatoms. The molecule has 0 saturated carbocycles. The number of hydrogen-bond donors (Lipinski definition) is 0. The summed E-state index contributed by atoms with van der Waals surface area (Å²) in [6.07, 6.45) is 0. The van der Waals surface area contributed by atoms with Gasteiger partial charge in [0.25, 0.3) is 0 Å². The molecule has 3 aliphatic rings. The van der Waals surface area contributed by atoms with Gasteiger partial charge in [-0.2, -0.15) is 0 Å². The fraction of sp³-hybridized carbons (Fsp3) is 0.0943. The maximum absolute atomic E-state index is 7.68. The van der Waals surface area contributed by atoms with Crippen LogP contribution in [0.25, 0.3) is 44.2 Å². The Morgan fingerprint density at radius 2 is 0.986 bits per heavy atom. The van der Waals surface area contributed by atoms with Crippen molar-refractivity contribution in [1.29, 1.82) is 0 Å². The van der Waals surface area contributed by atoms with E-state index in [1.807, 2.05) is 43.9 Å². The third kappa shape index (κ3) is 6.03. The van der Waals surface area contributed by atoms with Gasteiger partial charge in [0.2, 0.25) is 0 Å². The van der Waals surface area contributed by atoms with E-state index in [0.717, 1.165) is 0 Å². The Morgan fingerprint density at radius 1 is 0.431 bits per heavy atom. The lowest BCUT2D eigenvalue weighted by atomic mass is 9.61. The lowest BCUT2D eigenvalue weighted by Gasteiger charge is -2.42. The predicted molar refractivity (Wildman–Crippen MR) is 314 cm³/mol. The normalized spacial score (nSPS) is 14.2. The maximum atomic E-state index is 7.68. The Labute approximate surface area is 440 Å². The Balaban J connectivity index is 1.27. The number of nitrogens with zero attached hydrogens (tertiary/aromatic N) is 1. The van der Waals surface area contributed by atoms with Crippen LogP contribution in [0.5, 0.6) is 11.5 Å². The van der Waals surface area contributed by atoms with E-state index in [9.17, 15) is 0 Å². The zero-order valence-electron chi connectivity index (χ0n) is 39.4. The molecule has 1 spiro atoms. The number of fused-ring (bicyclic) bond motifs is 15. The van der Waals surface area contributed by atoms with Crippen molar-refractivity contribution in [3.8, 4) is 33.8 Å². The molecule has 3 nitrogen and oxygen atoms in total. The fourth-order valence-electron chi connectivity index (χ4n) is 12.3. The number of anilines is 3. The number of rotatable bonds is 3. The van der Waals surface area contributed by atoms with Crippen LogP contribution in [0.2, 0.25) is 0 Å². The zero-order valence-corrected chi connectivity index (χ0v) is 39.4. The van der Waals surface area contributed by atoms with Crippen LogP contribution in [0.4, 0.5) is 17.1 Å². The quantitative estimate of drug-likeness (QED) is 0.167. The summed E-state index contributed by atoms with van der Waals surface area (Å²) in [7, 11) is 111. The van der Waals surface area contributed by atoms with Gasteiger partial charge in [0.1, 0.15) is 148 Å². The molecule has 0 fully saturated rings. The first-order valence-corrected chi connectivity index (χ1v) is 22.8. The number of aryl methyl sites for hydroxylation is 1. The highest BCUT2D eigenvalue weighted by Gasteiger charge is 2.53. The molecule has 0 N–H and O–H groups in total. The summed E-state index contributed by atoms with van der Waals surface area (Å²) < 4.78 is 13.5. The van der Waals surface area contributed by atoms with E-state index in [2.05, 4.69) is 0 Å². The molecule has 0 saturated heterocycles. The lowest BCUT2D eigenvalue weighted by Crippen LogP contribution is -2.50. The summed E-state index contributed by atoms with van der Waals surface area (Å²) >= 11 is 0. The third-order valence-electron chi connectivity index (χ3n) is 15.0. The second kappa shape index (κ2) is 15.6. The molecule has 12 rings (SSSR count). The van der Waals surface area contributed by atoms with Crippen molar-refractivity contribution in [2.45, 2.75) is 31.6 Å². The molecule has 298 valence electrons. The zero-order chi connectivity index (χ0) is 51.3. The summed E-state index contributed by atoms with van der Waals surface area (Å²) in [5.74, 6) is 0.643. The summed E-state index contributed by atoms with van der Waals surface area (Å²) in [5.41, 5.74) is 10.8. The Kier molecular flexibility index (Phi) is 10.2. The molecule has 0 atom stereocenters. The Morgan fingerprint density at radius 3 is 1.62 bits per heavy atom. The van der Waals surface area contributed by atoms with Crippen molar-refractivity contribution in [1.82, 2.24) is 0 Å². The van der Waals surface area contributed by atoms with Crippen molar-refractivity contribution < 1.29 is 9.15 Å². The van der Waals surface area contributed by atoms with Crippen molar-refractivity contribution in [3.63, 3.8) is 0 Å². The van der Waals surface area contributed by atoms with Crippen molar-refractivity contribution in [3.05, 3.63) is 112 Å². The van der Waals surface area contributed by atoms with Gasteiger partial charge in [-0.05, 0) is 69.1 Å². The first-order valence-electron chi connectivity index (χ1n) is 22.8. The van der Waals surface area contributed by atoms with E-state index in [1.54, 1.807) is 54.6 Å². The summed E-state index contributed by atoms with van der Waals surface area (Å²) in [6.45, 7) is 5.83. The first-order chi connectivity index (χ1) is 34.0. The van der Waals surface area contributed by atoms with Crippen molar-refractivity contribution >= 4 is 252 Å². The van der Waals surface area contributed by atoms with Gasteiger partial charge < -0.3 is 14.1 Å². The van der Waals surface area contributed by atoms with Gasteiger partial charge in [0.15, 0.2) is 0 Å². The van der Waals surface area contributed by atoms with E-state index >= 15 is 0 Å². The number of furan rings is 1. The van der Waals surface area contributed by atoms with E-state index < -0.39 is 10.8 Å². The molecule has 8 aromatic carbocycles. The number of ether oxygens (including phenoxy) is 1. The first kappa shape index (κ1) is 47.2. The highest BCUT2D eigenvalue weighted by molar-refractivity contribution is 6.65. The molecule has 0 unspecified atom stereocenters. The number of benzene rings is 8. The fourth-order valence-corrected chi connectivity index (χ4v) is 12.3. The summed E-state index contributed by atoms with van der Waals surface area (Å²) in [4.78, 5) is 1.83. The van der Waals surface area contributed by atoms with E-state index in [4.69, 9.17) is 135 Å². The lowest BCUT2D eigenvalue weighted by molar-refractivity contribution is 0.441. The minimum absolute atomic E-state index is 0.142. The second-order valence-corrected chi connectivity index (χ2v) is 19.8. The van der Waals surface area contributed by atoms with E-state index in [0.29, 0.717) is 144 Å². The van der Waals surface area contributed by atoms with Crippen LogP contribution >= 0.6 is 0 Å². The molecule has 0 amide bonds. The molecule has 1 aromatic heterocycles. The molecule has 2 heterocycles. The Bertz CT molecular complexity index is 3990. The molecule has 9 aromatic rings. The monoisotopic (exact) mass is 879 g/mol. The van der Waals surface area contributed by atoms with Crippen LogP contribution in [-0.2, 0) is 10.8 Å². The van der Waals surface area contributed by atoms with Gasteiger partial charge in [0.05, 0.1) is 16.5 Å². The van der Waals surface area contributed by atoms with Gasteiger partial charge in [0, 0.05) is 33.3 Å². The third-order valence-corrected chi connectivity index (χ3v) is 15.0. The van der Waals surface area contributed by atoms with E-state index in [-0.39, 0.29) is 54.9 Å². The molecule has 1 aliphatic heterocycles. The van der Waals surface area contributed by atoms with Gasteiger partial charge >= 0.3 is 0 Å². The van der Waals surface area contributed by atoms with Gasteiger partial charge in [-0.25, -0.2) is 0 Å². The average molecular weight is 877 g/mol. The van der Waals surface area contributed by atoms with Crippen LogP contribution in [0.3, 0.4) is 0 Å². The molecule has 0 bridgehead atoms. The summed E-state index contributed by atoms with van der Waals surface area (Å²) in [6, 6.07) is 21.1. The minimum Gasteiger partial charge on any atom is -0.457 e. The second-order valence-electron chi connectivity index (χ2n) is 19.8. The van der Waals surface area contributed by atoms with Crippen LogP contribution in [0.1, 0.15) is 52.8 Å². The number of hydrogen-bond acceptors (Lipinski definition) is 3. The SMILES string of the molecule is [B]c1cc([B])c2c(c1)C1(c3cc(N(c4c([B])cc5c(c4[B])C(C)(C)c4c([B])c([B])c([B])c([B])c4-5)c4c([B])cc(C)c5oc6c([B])cc([B])cc6c45)c([B])cc3O2)c2cc([B])cc([B])c2-c2c([B])cc([B])cc21. The van der Waals surface area contributed by atoms with Gasteiger partial charge in [-0.1, -0.05) is 151 Å². The maximum Gasteiger partial charge on any atom is 0.140 e. The molecule has 2 aliphatic carbocycles. The molecular formula is C53H21B16NO2. The van der Waals surface area contributed by atoms with Crippen LogP contribution < -0.4 is 97.0 Å². The molecular weight excluding hydrogens is 856 g/mol. The predicted octanol–water partition coefficient (Wildman–Crippen LogP) is -5.16. The summed E-state index contributed by atoms with van der Waals surface area (Å²) in [5, 5.41) is 1.09. The van der Waals surface area contributed by atoms with Crippen LogP contribution in [0.15, 0.2) is 77.2 Å².